The molecule has 1 aromatic heterocycles. The first-order valence-corrected chi connectivity index (χ1v) is 10.2. The number of nitrogens with one attached hydrogen (secondary N) is 1. The molecule has 0 atom stereocenters. The Kier molecular flexibility index (Phi) is 5.52. The van der Waals surface area contributed by atoms with Gasteiger partial charge in [0.1, 0.15) is 18.2 Å². The molecule has 0 saturated heterocycles. The minimum Gasteiger partial charge on any atom is -0.491 e. The van der Waals surface area contributed by atoms with Crippen molar-refractivity contribution >= 4 is 15.8 Å². The number of methoxy groups -OCH3 is 1. The number of hydrogen-bond acceptors (Lipinski definition) is 5. The molecule has 8 heteroatoms. The van der Waals surface area contributed by atoms with E-state index in [1.807, 2.05) is 13.8 Å². The lowest BCUT2D eigenvalue weighted by atomic mass is 10.2. The Morgan fingerprint density at radius 1 is 1.23 bits per heavy atom. The molecular formula is C18H25N3O4S. The third-order valence-corrected chi connectivity index (χ3v) is 5.72. The van der Waals surface area contributed by atoms with E-state index in [9.17, 15) is 8.42 Å². The minimum absolute atomic E-state index is 0.202. The number of benzene rings is 1. The van der Waals surface area contributed by atoms with Crippen LogP contribution in [0.25, 0.3) is 0 Å². The molecule has 0 spiro atoms. The van der Waals surface area contributed by atoms with Gasteiger partial charge in [-0.2, -0.15) is 5.10 Å². The lowest BCUT2D eigenvalue weighted by molar-refractivity contribution is 0.146. The summed E-state index contributed by atoms with van der Waals surface area (Å²) in [5.74, 6) is 1.79. The normalized spacial score (nSPS) is 14.4. The fourth-order valence-corrected chi connectivity index (χ4v) is 3.89. The summed E-state index contributed by atoms with van der Waals surface area (Å²) in [7, 11) is -2.09. The van der Waals surface area contributed by atoms with Crippen molar-refractivity contribution in [3.05, 3.63) is 35.5 Å². The van der Waals surface area contributed by atoms with Crippen LogP contribution in [0.5, 0.6) is 5.75 Å². The van der Waals surface area contributed by atoms with Gasteiger partial charge < -0.3 is 9.47 Å². The van der Waals surface area contributed by atoms with E-state index in [4.69, 9.17) is 9.47 Å². The molecule has 0 aliphatic heterocycles. The Hall–Kier alpha value is -2.06. The zero-order valence-electron chi connectivity index (χ0n) is 15.4. The fourth-order valence-electron chi connectivity index (χ4n) is 2.67. The monoisotopic (exact) mass is 379 g/mol. The predicted molar refractivity (Wildman–Crippen MR) is 99.0 cm³/mol. The molecule has 7 nitrogen and oxygen atoms in total. The maximum absolute atomic E-state index is 12.8. The summed E-state index contributed by atoms with van der Waals surface area (Å²) >= 11 is 0. The van der Waals surface area contributed by atoms with Crippen molar-refractivity contribution in [3.63, 3.8) is 0 Å². The van der Waals surface area contributed by atoms with Gasteiger partial charge in [0.15, 0.2) is 0 Å². The Labute approximate surface area is 154 Å². The quantitative estimate of drug-likeness (QED) is 0.678. The van der Waals surface area contributed by atoms with Crippen LogP contribution in [0.2, 0.25) is 0 Å². The van der Waals surface area contributed by atoms with E-state index in [1.54, 1.807) is 36.2 Å². The van der Waals surface area contributed by atoms with Crippen molar-refractivity contribution in [1.29, 1.82) is 0 Å². The zero-order valence-corrected chi connectivity index (χ0v) is 16.2. The highest BCUT2D eigenvalue weighted by atomic mass is 32.2. The van der Waals surface area contributed by atoms with Gasteiger partial charge in [-0.1, -0.05) is 0 Å². The van der Waals surface area contributed by atoms with Crippen molar-refractivity contribution in [3.8, 4) is 5.75 Å². The number of aromatic nitrogens is 2. The highest BCUT2D eigenvalue weighted by Crippen LogP contribution is 2.32. The van der Waals surface area contributed by atoms with Gasteiger partial charge in [0.05, 0.1) is 17.7 Å². The van der Waals surface area contributed by atoms with Crippen molar-refractivity contribution < 1.29 is 17.9 Å². The zero-order chi connectivity index (χ0) is 18.7. The molecule has 3 rings (SSSR count). The van der Waals surface area contributed by atoms with Crippen LogP contribution in [0.1, 0.15) is 24.0 Å². The maximum atomic E-state index is 12.8. The summed E-state index contributed by atoms with van der Waals surface area (Å²) in [6.45, 7) is 5.32. The predicted octanol–water partition coefficient (Wildman–Crippen LogP) is 2.74. The summed E-state index contributed by atoms with van der Waals surface area (Å²) in [6, 6.07) is 4.84. The van der Waals surface area contributed by atoms with Crippen LogP contribution in [0.3, 0.4) is 0 Å². The summed E-state index contributed by atoms with van der Waals surface area (Å²) < 4.78 is 40.6. The Morgan fingerprint density at radius 3 is 2.65 bits per heavy atom. The first kappa shape index (κ1) is 18.7. The van der Waals surface area contributed by atoms with Gasteiger partial charge in [0, 0.05) is 19.2 Å². The molecule has 0 radical (unpaired) electrons. The fraction of sp³-hybridized carbons (Fsp3) is 0.500. The lowest BCUT2D eigenvalue weighted by Crippen LogP contribution is -2.18. The summed E-state index contributed by atoms with van der Waals surface area (Å²) in [4.78, 5) is 0.202. The third-order valence-electron chi connectivity index (χ3n) is 4.38. The largest absolute Gasteiger partial charge is 0.491 e. The Balaban J connectivity index is 1.78. The second-order valence-corrected chi connectivity index (χ2v) is 8.36. The molecule has 0 unspecified atom stereocenters. The number of aryl methyl sites for hydroxylation is 2. The van der Waals surface area contributed by atoms with E-state index < -0.39 is 10.0 Å². The molecule has 0 bridgehead atoms. The van der Waals surface area contributed by atoms with Crippen molar-refractivity contribution in [2.24, 2.45) is 5.92 Å². The van der Waals surface area contributed by atoms with Crippen LogP contribution in [0.15, 0.2) is 29.3 Å². The van der Waals surface area contributed by atoms with Gasteiger partial charge in [-0.3, -0.25) is 4.72 Å². The standard InChI is InChI=1S/C18H25N3O4S/c1-13-10-16(6-7-17(13)25-9-8-24-3)26(22,23)20-18-14(2)11-19-21(18)12-15-4-5-15/h6-7,10-11,15,20H,4-5,8-9,12H2,1-3H3. The number of hydrogen-bond donors (Lipinski definition) is 1. The molecule has 1 aliphatic rings. The number of anilines is 1. The molecule has 1 saturated carbocycles. The highest BCUT2D eigenvalue weighted by molar-refractivity contribution is 7.92. The van der Waals surface area contributed by atoms with Gasteiger partial charge in [-0.05, 0) is 56.4 Å². The summed E-state index contributed by atoms with van der Waals surface area (Å²) in [5, 5.41) is 4.31. The topological polar surface area (TPSA) is 82.4 Å². The van der Waals surface area contributed by atoms with Crippen LogP contribution >= 0.6 is 0 Å². The molecular weight excluding hydrogens is 354 g/mol. The Morgan fingerprint density at radius 2 is 2.00 bits per heavy atom. The first-order chi connectivity index (χ1) is 12.4. The van der Waals surface area contributed by atoms with E-state index in [0.717, 1.165) is 17.7 Å². The molecule has 26 heavy (non-hydrogen) atoms. The summed E-state index contributed by atoms with van der Waals surface area (Å²) in [5.41, 5.74) is 1.57. The van der Waals surface area contributed by atoms with Crippen molar-refractivity contribution in [2.45, 2.75) is 38.1 Å². The molecule has 2 aromatic rings. The summed E-state index contributed by atoms with van der Waals surface area (Å²) in [6.07, 6.45) is 4.04. The maximum Gasteiger partial charge on any atom is 0.263 e. The average Bonchev–Trinajstić information content (AvgIpc) is 3.36. The van der Waals surface area contributed by atoms with Gasteiger partial charge in [-0.15, -0.1) is 0 Å². The molecule has 1 heterocycles. The van der Waals surface area contributed by atoms with Crippen molar-refractivity contribution in [2.75, 3.05) is 25.0 Å². The number of rotatable bonds is 9. The second kappa shape index (κ2) is 7.67. The van der Waals surface area contributed by atoms with Gasteiger partial charge in [0.2, 0.25) is 0 Å². The molecule has 1 fully saturated rings. The van der Waals surface area contributed by atoms with Gasteiger partial charge in [0.25, 0.3) is 10.0 Å². The van der Waals surface area contributed by atoms with Gasteiger partial charge in [-0.25, -0.2) is 13.1 Å². The van der Waals surface area contributed by atoms with Crippen LogP contribution in [0, 0.1) is 19.8 Å². The minimum atomic E-state index is -3.70. The first-order valence-electron chi connectivity index (χ1n) is 8.68. The number of nitrogens with zero attached hydrogens (tertiary/aromatic N) is 2. The van der Waals surface area contributed by atoms with E-state index in [-0.39, 0.29) is 4.90 Å². The third kappa shape index (κ3) is 4.37. The van der Waals surface area contributed by atoms with Gasteiger partial charge >= 0.3 is 0 Å². The van der Waals surface area contributed by atoms with E-state index >= 15 is 0 Å². The highest BCUT2D eigenvalue weighted by Gasteiger charge is 2.25. The molecule has 142 valence electrons. The number of ether oxygens (including phenoxy) is 2. The molecule has 0 amide bonds. The molecule has 1 aliphatic carbocycles. The van der Waals surface area contributed by atoms with E-state index in [0.29, 0.717) is 30.7 Å². The van der Waals surface area contributed by atoms with Crippen LogP contribution in [-0.2, 0) is 21.3 Å². The van der Waals surface area contributed by atoms with Crippen molar-refractivity contribution in [1.82, 2.24) is 9.78 Å². The van der Waals surface area contributed by atoms with Crippen LogP contribution in [-0.4, -0.2) is 38.5 Å². The Bertz CT molecular complexity index is 873. The average molecular weight is 379 g/mol. The van der Waals surface area contributed by atoms with E-state index in [2.05, 4.69) is 9.82 Å². The lowest BCUT2D eigenvalue weighted by Gasteiger charge is -2.13. The van der Waals surface area contributed by atoms with Crippen LogP contribution < -0.4 is 9.46 Å². The SMILES string of the molecule is COCCOc1ccc(S(=O)(=O)Nc2c(C)cnn2CC2CC2)cc1C. The van der Waals surface area contributed by atoms with E-state index in [1.165, 1.54) is 12.8 Å². The second-order valence-electron chi connectivity index (χ2n) is 6.68. The smallest absolute Gasteiger partial charge is 0.263 e. The molecule has 1 aromatic carbocycles. The number of sulfonamides is 1. The molecule has 1 N–H and O–H groups in total. The van der Waals surface area contributed by atoms with Crippen LogP contribution in [0.4, 0.5) is 5.82 Å².